The number of aromatic nitrogens is 1. The Balaban J connectivity index is 3.02. The van der Waals surface area contributed by atoms with Crippen LogP contribution >= 0.6 is 0 Å². The summed E-state index contributed by atoms with van der Waals surface area (Å²) in [4.78, 5) is 7.03. The van der Waals surface area contributed by atoms with Gasteiger partial charge in [0.05, 0.1) is 6.61 Å². The summed E-state index contributed by atoms with van der Waals surface area (Å²) in [5.41, 5.74) is 8.07. The zero-order valence-corrected chi connectivity index (χ0v) is 12.6. The van der Waals surface area contributed by atoms with Crippen LogP contribution in [0.2, 0.25) is 0 Å². The number of nitrogens with zero attached hydrogens (tertiary/aromatic N) is 2. The van der Waals surface area contributed by atoms with Crippen LogP contribution in [0.1, 0.15) is 38.4 Å². The molecular formula is C15H27N3O. The van der Waals surface area contributed by atoms with Crippen LogP contribution < -0.4 is 10.6 Å². The minimum atomic E-state index is 0.394. The van der Waals surface area contributed by atoms with Crippen molar-refractivity contribution in [2.75, 3.05) is 25.2 Å². The first-order valence-corrected chi connectivity index (χ1v) is 7.07. The molecule has 1 aromatic heterocycles. The van der Waals surface area contributed by atoms with Crippen LogP contribution in [0.25, 0.3) is 0 Å². The summed E-state index contributed by atoms with van der Waals surface area (Å²) in [5.74, 6) is 1.01. The molecule has 0 bridgehead atoms. The summed E-state index contributed by atoms with van der Waals surface area (Å²) in [6.45, 7) is 8.62. The third-order valence-corrected chi connectivity index (χ3v) is 3.12. The minimum absolute atomic E-state index is 0.394. The van der Waals surface area contributed by atoms with E-state index in [1.54, 1.807) is 7.11 Å². The number of ether oxygens (including phenoxy) is 1. The molecular weight excluding hydrogens is 238 g/mol. The molecule has 1 rings (SSSR count). The first kappa shape index (κ1) is 15.9. The number of aryl methyl sites for hydroxylation is 1. The lowest BCUT2D eigenvalue weighted by Crippen LogP contribution is -2.34. The van der Waals surface area contributed by atoms with Crippen LogP contribution in [0.3, 0.4) is 0 Å². The van der Waals surface area contributed by atoms with E-state index in [-0.39, 0.29) is 0 Å². The van der Waals surface area contributed by atoms with E-state index in [4.69, 9.17) is 15.5 Å². The number of methoxy groups -OCH3 is 1. The van der Waals surface area contributed by atoms with Crippen molar-refractivity contribution in [1.82, 2.24) is 4.98 Å². The second kappa shape index (κ2) is 8.12. The van der Waals surface area contributed by atoms with Gasteiger partial charge >= 0.3 is 0 Å². The van der Waals surface area contributed by atoms with Gasteiger partial charge in [-0.3, -0.25) is 0 Å². The fourth-order valence-corrected chi connectivity index (χ4v) is 2.11. The summed E-state index contributed by atoms with van der Waals surface area (Å²) >= 11 is 0. The Hall–Kier alpha value is -1.13. The smallest absolute Gasteiger partial charge is 0.129 e. The van der Waals surface area contributed by atoms with Gasteiger partial charge < -0.3 is 15.4 Å². The highest BCUT2D eigenvalue weighted by molar-refractivity contribution is 5.43. The molecule has 0 spiro atoms. The average molecular weight is 265 g/mol. The Bertz CT molecular complexity index is 380. The molecule has 1 aromatic rings. The number of hydrogen-bond donors (Lipinski definition) is 1. The Labute approximate surface area is 117 Å². The molecule has 108 valence electrons. The molecule has 4 heteroatoms. The van der Waals surface area contributed by atoms with Gasteiger partial charge in [-0.1, -0.05) is 13.3 Å². The molecule has 0 aliphatic carbocycles. The van der Waals surface area contributed by atoms with Crippen molar-refractivity contribution in [3.05, 3.63) is 23.4 Å². The molecule has 0 amide bonds. The normalized spacial score (nSPS) is 11.1. The first-order valence-electron chi connectivity index (χ1n) is 7.07. The molecule has 0 radical (unpaired) electrons. The number of pyridine rings is 1. The predicted molar refractivity (Wildman–Crippen MR) is 80.5 cm³/mol. The number of anilines is 1. The van der Waals surface area contributed by atoms with Crippen molar-refractivity contribution in [2.45, 2.75) is 46.2 Å². The summed E-state index contributed by atoms with van der Waals surface area (Å²) in [6.07, 6.45) is 2.09. The van der Waals surface area contributed by atoms with E-state index in [2.05, 4.69) is 37.8 Å². The largest absolute Gasteiger partial charge is 0.383 e. The zero-order chi connectivity index (χ0) is 14.3. The van der Waals surface area contributed by atoms with Crippen LogP contribution in [-0.4, -0.2) is 31.3 Å². The molecule has 0 unspecified atom stereocenters. The lowest BCUT2D eigenvalue weighted by Gasteiger charge is -2.28. The lowest BCUT2D eigenvalue weighted by molar-refractivity contribution is 0.203. The number of rotatable bonds is 8. The van der Waals surface area contributed by atoms with Gasteiger partial charge in [-0.25, -0.2) is 4.98 Å². The Kier molecular flexibility index (Phi) is 6.81. The van der Waals surface area contributed by atoms with Crippen molar-refractivity contribution < 1.29 is 4.74 Å². The Morgan fingerprint density at radius 3 is 2.63 bits per heavy atom. The summed E-state index contributed by atoms with van der Waals surface area (Å²) in [5, 5.41) is 0. The van der Waals surface area contributed by atoms with Crippen molar-refractivity contribution >= 4 is 5.82 Å². The molecule has 0 aliphatic heterocycles. The van der Waals surface area contributed by atoms with E-state index >= 15 is 0 Å². The monoisotopic (exact) mass is 265 g/mol. The van der Waals surface area contributed by atoms with Gasteiger partial charge in [0.25, 0.3) is 0 Å². The van der Waals surface area contributed by atoms with Gasteiger partial charge in [-0.2, -0.15) is 0 Å². The highest BCUT2D eigenvalue weighted by Gasteiger charge is 2.13. The van der Waals surface area contributed by atoms with E-state index in [0.29, 0.717) is 19.2 Å². The van der Waals surface area contributed by atoms with Crippen molar-refractivity contribution in [2.24, 2.45) is 5.73 Å². The van der Waals surface area contributed by atoms with Gasteiger partial charge in [0, 0.05) is 31.9 Å². The summed E-state index contributed by atoms with van der Waals surface area (Å²) < 4.78 is 5.18. The highest BCUT2D eigenvalue weighted by atomic mass is 16.5. The molecule has 0 saturated carbocycles. The van der Waals surface area contributed by atoms with Gasteiger partial charge in [-0.05, 0) is 38.0 Å². The third-order valence-electron chi connectivity index (χ3n) is 3.12. The van der Waals surface area contributed by atoms with Crippen molar-refractivity contribution in [1.29, 1.82) is 0 Å². The van der Waals surface area contributed by atoms with E-state index in [1.807, 2.05) is 0 Å². The molecule has 4 nitrogen and oxygen atoms in total. The van der Waals surface area contributed by atoms with E-state index < -0.39 is 0 Å². The molecule has 2 N–H and O–H groups in total. The van der Waals surface area contributed by atoms with E-state index in [1.165, 1.54) is 0 Å². The van der Waals surface area contributed by atoms with Gasteiger partial charge in [-0.15, -0.1) is 0 Å². The van der Waals surface area contributed by atoms with E-state index in [0.717, 1.165) is 36.5 Å². The van der Waals surface area contributed by atoms with Crippen molar-refractivity contribution in [3.8, 4) is 0 Å². The molecule has 0 fully saturated rings. The number of hydrogen-bond acceptors (Lipinski definition) is 4. The Morgan fingerprint density at radius 2 is 2.11 bits per heavy atom. The summed E-state index contributed by atoms with van der Waals surface area (Å²) in [6, 6.07) is 4.60. The molecule has 19 heavy (non-hydrogen) atoms. The van der Waals surface area contributed by atoms with Crippen LogP contribution in [0, 0.1) is 0 Å². The van der Waals surface area contributed by atoms with Crippen LogP contribution in [0.5, 0.6) is 0 Å². The first-order chi connectivity index (χ1) is 9.12. The Morgan fingerprint density at radius 1 is 1.37 bits per heavy atom. The summed E-state index contributed by atoms with van der Waals surface area (Å²) in [7, 11) is 1.73. The predicted octanol–water partition coefficient (Wildman–Crippen LogP) is 2.35. The quantitative estimate of drug-likeness (QED) is 0.784. The lowest BCUT2D eigenvalue weighted by atomic mass is 10.1. The third kappa shape index (κ3) is 4.80. The van der Waals surface area contributed by atoms with Gasteiger partial charge in [0.1, 0.15) is 5.82 Å². The maximum atomic E-state index is 5.79. The zero-order valence-electron chi connectivity index (χ0n) is 12.6. The topological polar surface area (TPSA) is 51.4 Å². The maximum Gasteiger partial charge on any atom is 0.129 e. The molecule has 0 aromatic carbocycles. The van der Waals surface area contributed by atoms with E-state index in [9.17, 15) is 0 Å². The SMILES string of the molecule is CCCc1cc(CN)cc(N(CCOC)C(C)C)n1. The molecule has 0 atom stereocenters. The highest BCUT2D eigenvalue weighted by Crippen LogP contribution is 2.18. The fraction of sp³-hybridized carbons (Fsp3) is 0.667. The minimum Gasteiger partial charge on any atom is -0.383 e. The fourth-order valence-electron chi connectivity index (χ4n) is 2.11. The second-order valence-corrected chi connectivity index (χ2v) is 5.06. The van der Waals surface area contributed by atoms with Gasteiger partial charge in [0.15, 0.2) is 0 Å². The van der Waals surface area contributed by atoms with Gasteiger partial charge in [0.2, 0.25) is 0 Å². The average Bonchev–Trinajstić information content (AvgIpc) is 2.39. The standard InChI is InChI=1S/C15H27N3O/c1-5-6-14-9-13(11-16)10-15(17-14)18(12(2)3)7-8-19-4/h9-10,12H,5-8,11,16H2,1-4H3. The maximum absolute atomic E-state index is 5.79. The second-order valence-electron chi connectivity index (χ2n) is 5.06. The molecule has 1 heterocycles. The number of nitrogens with two attached hydrogens (primary N) is 1. The van der Waals surface area contributed by atoms with Crippen LogP contribution in [0.4, 0.5) is 5.82 Å². The van der Waals surface area contributed by atoms with Crippen LogP contribution in [-0.2, 0) is 17.7 Å². The van der Waals surface area contributed by atoms with Crippen LogP contribution in [0.15, 0.2) is 12.1 Å². The van der Waals surface area contributed by atoms with Crippen molar-refractivity contribution in [3.63, 3.8) is 0 Å². The molecule has 0 saturated heterocycles. The molecule has 0 aliphatic rings.